The van der Waals surface area contributed by atoms with Gasteiger partial charge >= 0.3 is 0 Å². The van der Waals surface area contributed by atoms with Gasteiger partial charge in [-0.25, -0.2) is 0 Å². The predicted octanol–water partition coefficient (Wildman–Crippen LogP) is 3.34. The molecule has 0 aromatic heterocycles. The smallest absolute Gasteiger partial charge is 0.180 e. The molecular weight excluding hydrogens is 310 g/mol. The molecule has 1 aromatic rings. The Morgan fingerprint density at radius 3 is 2.36 bits per heavy atom. The van der Waals surface area contributed by atoms with Crippen LogP contribution < -0.4 is 0 Å². The normalized spacial score (nSPS) is 16.9. The molecule has 1 aromatic carbocycles. The zero-order valence-electron chi connectivity index (χ0n) is 15.4. The number of hydrogen-bond acceptors (Lipinski definition) is 4. The van der Waals surface area contributed by atoms with Crippen molar-refractivity contribution in [1.29, 1.82) is 5.26 Å². The number of nitriles is 1. The lowest BCUT2D eigenvalue weighted by molar-refractivity contribution is -0.122. The van der Waals surface area contributed by atoms with Crippen LogP contribution >= 0.6 is 0 Å². The highest BCUT2D eigenvalue weighted by Gasteiger charge is 2.26. The van der Waals surface area contributed by atoms with Crippen LogP contribution in [0.2, 0.25) is 0 Å². The Hall–Kier alpha value is -2.38. The molecule has 132 valence electrons. The number of rotatable bonds is 5. The molecule has 4 heteroatoms. The molecule has 0 radical (unpaired) electrons. The van der Waals surface area contributed by atoms with Crippen molar-refractivity contribution in [3.05, 3.63) is 53.7 Å². The largest absolute Gasteiger partial charge is 0.374 e. The zero-order chi connectivity index (χ0) is 18.3. The van der Waals surface area contributed by atoms with Gasteiger partial charge in [0.25, 0.3) is 0 Å². The molecular formula is C21H27N3O. The number of allylic oxidation sites excluding steroid dienone is 1. The van der Waals surface area contributed by atoms with E-state index in [1.807, 2.05) is 39.0 Å². The van der Waals surface area contributed by atoms with E-state index in [2.05, 4.69) is 40.2 Å². The molecule has 0 atom stereocenters. The SMILES string of the molecule is CC(C)(C)C(=O)/C(C#N)=C/N1CCN(C/C=C/c2ccccc2)CC1. The Labute approximate surface area is 151 Å². The molecule has 0 aliphatic carbocycles. The second kappa shape index (κ2) is 8.64. The first kappa shape index (κ1) is 19.0. The number of ketones is 1. The fourth-order valence-corrected chi connectivity index (χ4v) is 2.70. The number of carbonyl (C=O) groups is 1. The molecule has 1 saturated heterocycles. The van der Waals surface area contributed by atoms with E-state index in [4.69, 9.17) is 0 Å². The minimum Gasteiger partial charge on any atom is -0.374 e. The number of Topliss-reactive ketones (excluding diaryl/α,β-unsaturated/α-hetero) is 1. The maximum Gasteiger partial charge on any atom is 0.180 e. The fourth-order valence-electron chi connectivity index (χ4n) is 2.70. The Balaban J connectivity index is 1.85. The van der Waals surface area contributed by atoms with Gasteiger partial charge in [-0.1, -0.05) is 63.3 Å². The van der Waals surface area contributed by atoms with Crippen molar-refractivity contribution in [3.63, 3.8) is 0 Å². The first-order valence-electron chi connectivity index (χ1n) is 8.75. The Morgan fingerprint density at radius 1 is 1.16 bits per heavy atom. The summed E-state index contributed by atoms with van der Waals surface area (Å²) in [5, 5.41) is 9.28. The predicted molar refractivity (Wildman–Crippen MR) is 102 cm³/mol. The van der Waals surface area contributed by atoms with Crippen molar-refractivity contribution in [2.75, 3.05) is 32.7 Å². The third kappa shape index (κ3) is 5.88. The molecule has 0 unspecified atom stereocenters. The van der Waals surface area contributed by atoms with Crippen molar-refractivity contribution in [2.24, 2.45) is 5.41 Å². The van der Waals surface area contributed by atoms with Crippen LogP contribution in [0.15, 0.2) is 48.2 Å². The van der Waals surface area contributed by atoms with Gasteiger partial charge in [-0.2, -0.15) is 5.26 Å². The second-order valence-electron chi connectivity index (χ2n) is 7.38. The van der Waals surface area contributed by atoms with Crippen molar-refractivity contribution in [3.8, 4) is 6.07 Å². The first-order valence-corrected chi connectivity index (χ1v) is 8.75. The first-order chi connectivity index (χ1) is 11.9. The molecule has 0 N–H and O–H groups in total. The molecule has 2 rings (SSSR count). The summed E-state index contributed by atoms with van der Waals surface area (Å²) in [4.78, 5) is 16.7. The molecule has 0 bridgehead atoms. The molecule has 25 heavy (non-hydrogen) atoms. The van der Waals surface area contributed by atoms with Gasteiger partial charge in [0, 0.05) is 44.3 Å². The van der Waals surface area contributed by atoms with Gasteiger partial charge in [-0.05, 0) is 5.56 Å². The summed E-state index contributed by atoms with van der Waals surface area (Å²) in [6.07, 6.45) is 6.07. The van der Waals surface area contributed by atoms with Gasteiger partial charge < -0.3 is 4.90 Å². The van der Waals surface area contributed by atoms with Crippen molar-refractivity contribution in [2.45, 2.75) is 20.8 Å². The van der Waals surface area contributed by atoms with Crippen molar-refractivity contribution in [1.82, 2.24) is 9.80 Å². The Morgan fingerprint density at radius 2 is 1.80 bits per heavy atom. The third-order valence-corrected chi connectivity index (χ3v) is 4.24. The maximum atomic E-state index is 12.3. The summed E-state index contributed by atoms with van der Waals surface area (Å²) in [7, 11) is 0. The Bertz CT molecular complexity index is 669. The average Bonchev–Trinajstić information content (AvgIpc) is 2.60. The van der Waals surface area contributed by atoms with Crippen LogP contribution in [-0.4, -0.2) is 48.3 Å². The van der Waals surface area contributed by atoms with E-state index in [0.717, 1.165) is 32.7 Å². The van der Waals surface area contributed by atoms with E-state index in [1.165, 1.54) is 5.56 Å². The lowest BCUT2D eigenvalue weighted by Crippen LogP contribution is -2.44. The number of nitrogens with zero attached hydrogens (tertiary/aromatic N) is 3. The molecule has 1 heterocycles. The summed E-state index contributed by atoms with van der Waals surface area (Å²) < 4.78 is 0. The zero-order valence-corrected chi connectivity index (χ0v) is 15.4. The van der Waals surface area contributed by atoms with Crippen LogP contribution in [0.4, 0.5) is 0 Å². The minimum atomic E-state index is -0.522. The second-order valence-corrected chi connectivity index (χ2v) is 7.38. The average molecular weight is 337 g/mol. The molecule has 0 spiro atoms. The van der Waals surface area contributed by atoms with Gasteiger partial charge in [-0.15, -0.1) is 0 Å². The topological polar surface area (TPSA) is 47.3 Å². The molecule has 0 saturated carbocycles. The summed E-state index contributed by atoms with van der Waals surface area (Å²) >= 11 is 0. The van der Waals surface area contributed by atoms with Gasteiger partial charge in [0.05, 0.1) is 0 Å². The quantitative estimate of drug-likeness (QED) is 0.611. The van der Waals surface area contributed by atoms with Gasteiger partial charge in [-0.3, -0.25) is 9.69 Å². The summed E-state index contributed by atoms with van der Waals surface area (Å²) in [5.41, 5.74) is 0.944. The van der Waals surface area contributed by atoms with Gasteiger partial charge in [0.1, 0.15) is 11.6 Å². The highest BCUT2D eigenvalue weighted by atomic mass is 16.1. The van der Waals surface area contributed by atoms with E-state index in [1.54, 1.807) is 6.20 Å². The molecule has 4 nitrogen and oxygen atoms in total. The van der Waals surface area contributed by atoms with Crippen LogP contribution in [0.1, 0.15) is 26.3 Å². The van der Waals surface area contributed by atoms with Crippen molar-refractivity contribution < 1.29 is 4.79 Å². The van der Waals surface area contributed by atoms with Crippen molar-refractivity contribution >= 4 is 11.9 Å². The number of piperazine rings is 1. The standard InChI is InChI=1S/C21H27N3O/c1-21(2,3)20(25)19(16-22)17-24-14-12-23(13-15-24)11-7-10-18-8-5-4-6-9-18/h4-10,17H,11-15H2,1-3H3/b10-7+,19-17+. The maximum absolute atomic E-state index is 12.3. The van der Waals surface area contributed by atoms with E-state index in [9.17, 15) is 10.1 Å². The minimum absolute atomic E-state index is 0.0942. The summed E-state index contributed by atoms with van der Waals surface area (Å²) in [6.45, 7) is 9.98. The van der Waals surface area contributed by atoms with E-state index < -0.39 is 5.41 Å². The number of hydrogen-bond donors (Lipinski definition) is 0. The van der Waals surface area contributed by atoms with Crippen LogP contribution in [-0.2, 0) is 4.79 Å². The lowest BCUT2D eigenvalue weighted by atomic mass is 9.87. The fraction of sp³-hybridized carbons (Fsp3) is 0.429. The van der Waals surface area contributed by atoms with E-state index >= 15 is 0 Å². The number of benzene rings is 1. The molecule has 1 aliphatic rings. The van der Waals surface area contributed by atoms with Crippen LogP contribution in [0, 0.1) is 16.7 Å². The summed E-state index contributed by atoms with van der Waals surface area (Å²) in [6, 6.07) is 12.3. The monoisotopic (exact) mass is 337 g/mol. The molecule has 1 fully saturated rings. The molecule has 0 amide bonds. The number of carbonyl (C=O) groups excluding carboxylic acids is 1. The Kier molecular flexibility index (Phi) is 6.55. The van der Waals surface area contributed by atoms with Gasteiger partial charge in [0.15, 0.2) is 5.78 Å². The molecule has 1 aliphatic heterocycles. The van der Waals surface area contributed by atoms with E-state index in [0.29, 0.717) is 0 Å². The lowest BCUT2D eigenvalue weighted by Gasteiger charge is -2.33. The third-order valence-electron chi connectivity index (χ3n) is 4.24. The highest BCUT2D eigenvalue weighted by Crippen LogP contribution is 2.20. The van der Waals surface area contributed by atoms with Crippen LogP contribution in [0.5, 0.6) is 0 Å². The summed E-state index contributed by atoms with van der Waals surface area (Å²) in [5.74, 6) is -0.0942. The van der Waals surface area contributed by atoms with Gasteiger partial charge in [0.2, 0.25) is 0 Å². The van der Waals surface area contributed by atoms with Crippen LogP contribution in [0.25, 0.3) is 6.08 Å². The highest BCUT2D eigenvalue weighted by molar-refractivity contribution is 6.02. The van der Waals surface area contributed by atoms with Crippen LogP contribution in [0.3, 0.4) is 0 Å². The van der Waals surface area contributed by atoms with E-state index in [-0.39, 0.29) is 11.4 Å².